The molecular weight excluding hydrogens is 420 g/mol. The van der Waals surface area contributed by atoms with E-state index >= 15 is 0 Å². The van der Waals surface area contributed by atoms with E-state index in [1.54, 1.807) is 28.8 Å². The summed E-state index contributed by atoms with van der Waals surface area (Å²) in [6, 6.07) is 6.91. The van der Waals surface area contributed by atoms with E-state index in [4.69, 9.17) is 16.3 Å². The van der Waals surface area contributed by atoms with Crippen molar-refractivity contribution in [1.29, 1.82) is 0 Å². The summed E-state index contributed by atoms with van der Waals surface area (Å²) in [5.41, 5.74) is 0.292. The van der Waals surface area contributed by atoms with Crippen LogP contribution in [0.2, 0.25) is 5.02 Å². The van der Waals surface area contributed by atoms with Crippen LogP contribution in [0.5, 0.6) is 0 Å². The van der Waals surface area contributed by atoms with E-state index in [1.165, 1.54) is 19.3 Å². The topological polar surface area (TPSA) is 58.6 Å². The zero-order chi connectivity index (χ0) is 22.3. The first-order valence-electron chi connectivity index (χ1n) is 10.8. The van der Waals surface area contributed by atoms with Gasteiger partial charge in [0.2, 0.25) is 5.91 Å². The smallest absolute Gasteiger partial charge is 0.412 e. The third-order valence-electron chi connectivity index (χ3n) is 4.94. The minimum absolute atomic E-state index is 0.0782. The van der Waals surface area contributed by atoms with Crippen LogP contribution in [0.15, 0.2) is 24.3 Å². The summed E-state index contributed by atoms with van der Waals surface area (Å²) in [4.78, 5) is 27.7. The number of carbonyl (C=O) groups is 2. The van der Waals surface area contributed by atoms with Gasteiger partial charge in [-0.05, 0) is 51.8 Å². The van der Waals surface area contributed by atoms with Crippen molar-refractivity contribution >= 4 is 35.4 Å². The first-order chi connectivity index (χ1) is 14.1. The largest absolute Gasteiger partial charge is 0.444 e. The van der Waals surface area contributed by atoms with Crippen LogP contribution in [0.4, 0.5) is 4.79 Å². The van der Waals surface area contributed by atoms with Gasteiger partial charge >= 0.3 is 6.09 Å². The molecule has 1 aliphatic rings. The van der Waals surface area contributed by atoms with Crippen molar-refractivity contribution in [3.05, 3.63) is 34.9 Å². The molecule has 0 aromatic heterocycles. The Labute approximate surface area is 190 Å². The first kappa shape index (κ1) is 24.9. The molecule has 1 heterocycles. The lowest BCUT2D eigenvalue weighted by molar-refractivity contribution is -0.126. The molecule has 168 valence electrons. The minimum Gasteiger partial charge on any atom is -0.444 e. The number of ether oxygens (including phenoxy) is 1. The Morgan fingerprint density at radius 3 is 2.50 bits per heavy atom. The molecule has 2 amide bonds. The number of benzene rings is 1. The third kappa shape index (κ3) is 7.38. The molecule has 0 spiro atoms. The van der Waals surface area contributed by atoms with Crippen LogP contribution >= 0.6 is 23.4 Å². The highest BCUT2D eigenvalue weighted by molar-refractivity contribution is 7.99. The molecule has 0 saturated carbocycles. The predicted octanol–water partition coefficient (Wildman–Crippen LogP) is 6.17. The fourth-order valence-electron chi connectivity index (χ4n) is 3.42. The van der Waals surface area contributed by atoms with Crippen molar-refractivity contribution in [3.8, 4) is 0 Å². The lowest BCUT2D eigenvalue weighted by Gasteiger charge is -2.32. The van der Waals surface area contributed by atoms with Gasteiger partial charge in [0, 0.05) is 16.8 Å². The third-order valence-corrected chi connectivity index (χ3v) is 6.52. The fourth-order valence-corrected chi connectivity index (χ4v) is 4.96. The summed E-state index contributed by atoms with van der Waals surface area (Å²) in [7, 11) is 0. The molecule has 7 heteroatoms. The zero-order valence-electron chi connectivity index (χ0n) is 18.7. The molecule has 30 heavy (non-hydrogen) atoms. The van der Waals surface area contributed by atoms with Gasteiger partial charge in [0.25, 0.3) is 0 Å². The van der Waals surface area contributed by atoms with E-state index in [1.807, 2.05) is 39.8 Å². The van der Waals surface area contributed by atoms with E-state index in [0.29, 0.717) is 10.8 Å². The molecule has 1 N–H and O–H groups in total. The molecule has 1 aliphatic heterocycles. The van der Waals surface area contributed by atoms with Crippen molar-refractivity contribution in [2.75, 3.05) is 5.75 Å². The van der Waals surface area contributed by atoms with Crippen LogP contribution in [0.3, 0.4) is 0 Å². The van der Waals surface area contributed by atoms with Crippen LogP contribution in [0.25, 0.3) is 0 Å². The molecule has 0 aliphatic carbocycles. The highest BCUT2D eigenvalue weighted by atomic mass is 35.5. The number of unbranched alkanes of at least 4 members (excludes halogenated alkanes) is 3. The minimum atomic E-state index is -0.636. The number of thioether (sulfide) groups is 1. The molecule has 3 unspecified atom stereocenters. The zero-order valence-corrected chi connectivity index (χ0v) is 20.3. The summed E-state index contributed by atoms with van der Waals surface area (Å²) in [5, 5.41) is 3.46. The molecule has 1 aromatic carbocycles. The second-order valence-corrected chi connectivity index (χ2v) is 10.4. The molecule has 5 nitrogen and oxygen atoms in total. The Morgan fingerprint density at radius 1 is 1.23 bits per heavy atom. The SMILES string of the molecule is CCCCCCC(C)NC(=O)C1CSC(c2ccc(Cl)cc2)N1C(=O)OC(C)(C)C. The summed E-state index contributed by atoms with van der Waals surface area (Å²) in [5.74, 6) is 0.411. The second kappa shape index (κ2) is 11.3. The van der Waals surface area contributed by atoms with Gasteiger partial charge in [-0.2, -0.15) is 0 Å². The molecular formula is C23H35ClN2O3S. The lowest BCUT2D eigenvalue weighted by atomic mass is 10.1. The van der Waals surface area contributed by atoms with Crippen LogP contribution < -0.4 is 5.32 Å². The number of carbonyl (C=O) groups excluding carboxylic acids is 2. The van der Waals surface area contributed by atoms with Crippen molar-refractivity contribution < 1.29 is 14.3 Å². The molecule has 3 atom stereocenters. The number of hydrogen-bond acceptors (Lipinski definition) is 4. The van der Waals surface area contributed by atoms with E-state index in [0.717, 1.165) is 18.4 Å². The average molecular weight is 455 g/mol. The molecule has 1 aromatic rings. The van der Waals surface area contributed by atoms with Crippen molar-refractivity contribution in [2.24, 2.45) is 0 Å². The van der Waals surface area contributed by atoms with Gasteiger partial charge in [0.1, 0.15) is 17.0 Å². The molecule has 0 radical (unpaired) electrons. The van der Waals surface area contributed by atoms with Gasteiger partial charge in [0.05, 0.1) is 0 Å². The fraction of sp³-hybridized carbons (Fsp3) is 0.652. The summed E-state index contributed by atoms with van der Waals surface area (Å²) < 4.78 is 5.64. The Hall–Kier alpha value is -1.40. The maximum absolute atomic E-state index is 13.1. The van der Waals surface area contributed by atoms with E-state index in [-0.39, 0.29) is 17.3 Å². The van der Waals surface area contributed by atoms with Gasteiger partial charge in [0.15, 0.2) is 0 Å². The monoisotopic (exact) mass is 454 g/mol. The quantitative estimate of drug-likeness (QED) is 0.477. The van der Waals surface area contributed by atoms with Crippen molar-refractivity contribution in [3.63, 3.8) is 0 Å². The number of nitrogens with one attached hydrogen (secondary N) is 1. The summed E-state index contributed by atoms with van der Waals surface area (Å²) in [6.45, 7) is 9.71. The lowest BCUT2D eigenvalue weighted by Crippen LogP contribution is -2.51. The Balaban J connectivity index is 2.13. The predicted molar refractivity (Wildman–Crippen MR) is 125 cm³/mol. The van der Waals surface area contributed by atoms with Crippen LogP contribution in [0, 0.1) is 0 Å². The summed E-state index contributed by atoms with van der Waals surface area (Å²) >= 11 is 7.60. The first-order valence-corrected chi connectivity index (χ1v) is 12.2. The molecule has 0 bridgehead atoms. The van der Waals surface area contributed by atoms with E-state index in [2.05, 4.69) is 12.2 Å². The van der Waals surface area contributed by atoms with Gasteiger partial charge in [-0.1, -0.05) is 56.3 Å². The maximum atomic E-state index is 13.1. The van der Waals surface area contributed by atoms with Crippen LogP contribution in [-0.4, -0.2) is 40.3 Å². The maximum Gasteiger partial charge on any atom is 0.412 e. The Bertz CT molecular complexity index is 705. The van der Waals surface area contributed by atoms with E-state index < -0.39 is 17.7 Å². The van der Waals surface area contributed by atoms with Gasteiger partial charge < -0.3 is 10.1 Å². The number of nitrogens with zero attached hydrogens (tertiary/aromatic N) is 1. The number of hydrogen-bond donors (Lipinski definition) is 1. The van der Waals surface area contributed by atoms with Crippen molar-refractivity contribution in [1.82, 2.24) is 10.2 Å². The summed E-state index contributed by atoms with van der Waals surface area (Å²) in [6.07, 6.45) is 5.16. The van der Waals surface area contributed by atoms with Gasteiger partial charge in [-0.3, -0.25) is 9.69 Å². The molecule has 1 saturated heterocycles. The second-order valence-electron chi connectivity index (χ2n) is 8.90. The highest BCUT2D eigenvalue weighted by Gasteiger charge is 2.44. The van der Waals surface area contributed by atoms with Gasteiger partial charge in [-0.15, -0.1) is 11.8 Å². The Kier molecular flexibility index (Phi) is 9.35. The van der Waals surface area contributed by atoms with Crippen LogP contribution in [-0.2, 0) is 9.53 Å². The van der Waals surface area contributed by atoms with Gasteiger partial charge in [-0.25, -0.2) is 4.79 Å². The molecule has 2 rings (SSSR count). The number of halogens is 1. The molecule has 1 fully saturated rings. The number of amides is 2. The average Bonchev–Trinajstić information content (AvgIpc) is 3.10. The Morgan fingerprint density at radius 2 is 1.90 bits per heavy atom. The van der Waals surface area contributed by atoms with E-state index in [9.17, 15) is 9.59 Å². The number of rotatable bonds is 8. The standard InChI is InChI=1S/C23H35ClN2O3S/c1-6-7-8-9-10-16(2)25-20(27)19-15-30-21(17-11-13-18(24)14-12-17)26(19)22(28)29-23(3,4)5/h11-14,16,19,21H,6-10,15H2,1-5H3,(H,25,27). The normalized spacial score (nSPS) is 20.1. The van der Waals surface area contributed by atoms with Crippen LogP contribution in [0.1, 0.15) is 77.7 Å². The van der Waals surface area contributed by atoms with Crippen molar-refractivity contribution in [2.45, 2.75) is 89.8 Å². The highest BCUT2D eigenvalue weighted by Crippen LogP contribution is 2.42.